The van der Waals surface area contributed by atoms with Gasteiger partial charge in [-0.1, -0.05) is 48.0 Å². The molecule has 0 radical (unpaired) electrons. The molecule has 6 heteroatoms. The van der Waals surface area contributed by atoms with Gasteiger partial charge in [0.1, 0.15) is 5.75 Å². The van der Waals surface area contributed by atoms with Crippen LogP contribution in [-0.4, -0.2) is 17.0 Å². The third kappa shape index (κ3) is 2.12. The normalized spacial score (nSPS) is 33.5. The molecule has 0 aromatic heterocycles. The number of hydrogen-bond acceptors (Lipinski definition) is 6. The van der Waals surface area contributed by atoms with Crippen molar-refractivity contribution in [2.45, 2.75) is 63.3 Å². The van der Waals surface area contributed by atoms with Crippen LogP contribution in [0.4, 0.5) is 0 Å². The van der Waals surface area contributed by atoms with Gasteiger partial charge in [-0.3, -0.25) is 0 Å². The number of hydrogen-bond donors (Lipinski definition) is 0. The molecule has 2 spiro atoms. The lowest BCUT2D eigenvalue weighted by atomic mass is 9.72. The van der Waals surface area contributed by atoms with E-state index in [1.54, 1.807) is 0 Å². The van der Waals surface area contributed by atoms with Crippen molar-refractivity contribution in [1.82, 2.24) is 0 Å². The highest BCUT2D eigenvalue weighted by atomic mass is 16.6. The zero-order valence-corrected chi connectivity index (χ0v) is 16.8. The summed E-state index contributed by atoms with van der Waals surface area (Å²) in [5, 5.41) is 18.5. The molecule has 0 saturated heterocycles. The SMILES string of the molecule is Cc1ccc(C2C(C)(C)N=NC23Oc2ccccc2C32N=NC(C)(C)O2)cc1. The molecule has 6 nitrogen and oxygen atoms in total. The van der Waals surface area contributed by atoms with Crippen LogP contribution in [0.2, 0.25) is 0 Å². The second-order valence-electron chi connectivity index (χ2n) is 8.88. The molecule has 0 amide bonds. The predicted octanol–water partition coefficient (Wildman–Crippen LogP) is 5.48. The summed E-state index contributed by atoms with van der Waals surface area (Å²) in [7, 11) is 0. The number of para-hydroxylation sites is 1. The third-order valence-corrected chi connectivity index (χ3v) is 5.80. The zero-order valence-electron chi connectivity index (χ0n) is 16.8. The molecule has 28 heavy (non-hydrogen) atoms. The van der Waals surface area contributed by atoms with Crippen molar-refractivity contribution in [3.05, 3.63) is 65.2 Å². The Morgan fingerprint density at radius 3 is 2.21 bits per heavy atom. The van der Waals surface area contributed by atoms with Gasteiger partial charge in [0.05, 0.1) is 17.0 Å². The van der Waals surface area contributed by atoms with Crippen LogP contribution < -0.4 is 4.74 Å². The largest absolute Gasteiger partial charge is 0.457 e. The summed E-state index contributed by atoms with van der Waals surface area (Å²) in [6.07, 6.45) is 0. The van der Waals surface area contributed by atoms with E-state index in [1.165, 1.54) is 5.56 Å². The Hall–Kier alpha value is -2.60. The highest BCUT2D eigenvalue weighted by Gasteiger charge is 2.75. The lowest BCUT2D eigenvalue weighted by Crippen LogP contribution is -2.56. The van der Waals surface area contributed by atoms with Crippen molar-refractivity contribution in [3.8, 4) is 5.75 Å². The van der Waals surface area contributed by atoms with Crippen LogP contribution in [0, 0.1) is 6.92 Å². The lowest BCUT2D eigenvalue weighted by molar-refractivity contribution is -0.185. The molecule has 2 aromatic carbocycles. The standard InChI is InChI=1S/C22H24N4O2/c1-14-10-12-15(13-11-14)18-19(2,3)23-26-22(18)21(25-24-20(4,5)28-21)16-8-6-7-9-17(16)27-22/h6-13,18H,1-5H3. The Labute approximate surface area is 164 Å². The van der Waals surface area contributed by atoms with E-state index in [2.05, 4.69) is 60.4 Å². The van der Waals surface area contributed by atoms with Crippen LogP contribution in [0.1, 0.15) is 50.3 Å². The Bertz CT molecular complexity index is 1010. The van der Waals surface area contributed by atoms with Crippen molar-refractivity contribution in [1.29, 1.82) is 0 Å². The average Bonchev–Trinajstić information content (AvgIpc) is 3.21. The maximum Gasteiger partial charge on any atom is 0.282 e. The Kier molecular flexibility index (Phi) is 3.29. The number of nitrogens with zero attached hydrogens (tertiary/aromatic N) is 4. The molecule has 3 unspecified atom stereocenters. The van der Waals surface area contributed by atoms with E-state index in [9.17, 15) is 0 Å². The van der Waals surface area contributed by atoms with Crippen molar-refractivity contribution in [2.75, 3.05) is 0 Å². The van der Waals surface area contributed by atoms with Crippen LogP contribution in [0.25, 0.3) is 0 Å². The molecule has 0 saturated carbocycles. The van der Waals surface area contributed by atoms with Gasteiger partial charge in [0, 0.05) is 0 Å². The number of fused-ring (bicyclic) bond motifs is 3. The lowest BCUT2D eigenvalue weighted by Gasteiger charge is -2.40. The van der Waals surface area contributed by atoms with E-state index in [-0.39, 0.29) is 5.92 Å². The van der Waals surface area contributed by atoms with Crippen molar-refractivity contribution >= 4 is 0 Å². The van der Waals surface area contributed by atoms with Crippen LogP contribution in [-0.2, 0) is 10.5 Å². The summed E-state index contributed by atoms with van der Waals surface area (Å²) < 4.78 is 13.1. The molecule has 0 aliphatic carbocycles. The van der Waals surface area contributed by atoms with E-state index >= 15 is 0 Å². The molecular weight excluding hydrogens is 352 g/mol. The minimum atomic E-state index is -1.17. The smallest absolute Gasteiger partial charge is 0.282 e. The zero-order chi connectivity index (χ0) is 19.8. The monoisotopic (exact) mass is 376 g/mol. The molecule has 0 bridgehead atoms. The molecule has 144 valence electrons. The summed E-state index contributed by atoms with van der Waals surface area (Å²) in [5.41, 5.74) is -0.434. The van der Waals surface area contributed by atoms with Crippen molar-refractivity contribution < 1.29 is 9.47 Å². The molecule has 3 aliphatic rings. The fourth-order valence-corrected chi connectivity index (χ4v) is 4.64. The molecule has 3 aliphatic heterocycles. The fourth-order valence-electron chi connectivity index (χ4n) is 4.64. The maximum absolute atomic E-state index is 6.58. The summed E-state index contributed by atoms with van der Waals surface area (Å²) in [6, 6.07) is 16.3. The van der Waals surface area contributed by atoms with Gasteiger partial charge in [-0.05, 0) is 46.2 Å². The predicted molar refractivity (Wildman–Crippen MR) is 104 cm³/mol. The Morgan fingerprint density at radius 2 is 1.54 bits per heavy atom. The number of aryl methyl sites for hydroxylation is 1. The van der Waals surface area contributed by atoms with Gasteiger partial charge < -0.3 is 9.47 Å². The van der Waals surface area contributed by atoms with Gasteiger partial charge in [0.15, 0.2) is 5.72 Å². The summed E-state index contributed by atoms with van der Waals surface area (Å²) in [5.74, 6) is 0.522. The maximum atomic E-state index is 6.58. The average molecular weight is 376 g/mol. The quantitative estimate of drug-likeness (QED) is 0.661. The second kappa shape index (κ2) is 5.26. The topological polar surface area (TPSA) is 67.9 Å². The highest BCUT2D eigenvalue weighted by molar-refractivity contribution is 5.49. The third-order valence-electron chi connectivity index (χ3n) is 5.80. The van der Waals surface area contributed by atoms with E-state index in [0.29, 0.717) is 5.75 Å². The van der Waals surface area contributed by atoms with Crippen molar-refractivity contribution in [3.63, 3.8) is 0 Å². The van der Waals surface area contributed by atoms with E-state index in [1.807, 2.05) is 38.1 Å². The first kappa shape index (κ1) is 17.5. The summed E-state index contributed by atoms with van der Waals surface area (Å²) in [4.78, 5) is 0. The van der Waals surface area contributed by atoms with E-state index < -0.39 is 22.7 Å². The van der Waals surface area contributed by atoms with Gasteiger partial charge in [-0.25, -0.2) is 0 Å². The minimum absolute atomic E-state index is 0.194. The number of azo groups is 2. The summed E-state index contributed by atoms with van der Waals surface area (Å²) >= 11 is 0. The first-order valence-corrected chi connectivity index (χ1v) is 9.63. The first-order valence-electron chi connectivity index (χ1n) is 9.63. The molecule has 0 fully saturated rings. The van der Waals surface area contributed by atoms with Gasteiger partial charge >= 0.3 is 0 Å². The van der Waals surface area contributed by atoms with E-state index in [4.69, 9.17) is 14.6 Å². The highest BCUT2D eigenvalue weighted by Crippen LogP contribution is 2.65. The van der Waals surface area contributed by atoms with E-state index in [0.717, 1.165) is 11.1 Å². The fraction of sp³-hybridized carbons (Fsp3) is 0.455. The second-order valence-corrected chi connectivity index (χ2v) is 8.88. The molecule has 2 aromatic rings. The van der Waals surface area contributed by atoms with Gasteiger partial charge in [0.25, 0.3) is 11.4 Å². The molecule has 5 rings (SSSR count). The number of benzene rings is 2. The van der Waals surface area contributed by atoms with Crippen LogP contribution in [0.3, 0.4) is 0 Å². The van der Waals surface area contributed by atoms with Crippen molar-refractivity contribution in [2.24, 2.45) is 20.5 Å². The van der Waals surface area contributed by atoms with Gasteiger partial charge in [-0.2, -0.15) is 10.2 Å². The Balaban J connectivity index is 1.76. The van der Waals surface area contributed by atoms with Gasteiger partial charge in [0.2, 0.25) is 0 Å². The first-order chi connectivity index (χ1) is 13.2. The number of rotatable bonds is 1. The Morgan fingerprint density at radius 1 is 0.821 bits per heavy atom. The molecule has 3 atom stereocenters. The van der Waals surface area contributed by atoms with Crippen LogP contribution in [0.15, 0.2) is 69.0 Å². The summed E-state index contributed by atoms with van der Waals surface area (Å²) in [6.45, 7) is 10.0. The molecule has 3 heterocycles. The number of ether oxygens (including phenoxy) is 2. The van der Waals surface area contributed by atoms with Gasteiger partial charge in [-0.15, -0.1) is 10.2 Å². The minimum Gasteiger partial charge on any atom is -0.457 e. The molecular formula is C22H24N4O2. The molecule has 0 N–H and O–H groups in total. The van der Waals surface area contributed by atoms with Crippen LogP contribution >= 0.6 is 0 Å². The van der Waals surface area contributed by atoms with Crippen LogP contribution in [0.5, 0.6) is 5.75 Å².